The Morgan fingerprint density at radius 3 is 1.98 bits per heavy atom. The zero-order chi connectivity index (χ0) is 32.9. The standard InChI is InChI=1S/C43H52ClNO2/c1-28-24-33(46-5)26-36-39(28)30(3)35(42(36)20-9-7-10-21-42)18-16-31-14-13-15-32(40(31)44)17-19-38-43(22-11-8-12-23-43)37-27-34(47-6)25-29(2)41(37)45(38)4/h16-19,24-27H,7-15,20-23H2,1-6H3/b18-16+,32-17+,38-19-. The van der Waals surface area contributed by atoms with Gasteiger partial charge in [0.2, 0.25) is 0 Å². The molecule has 0 amide bonds. The molecule has 0 bridgehead atoms. The third-order valence-electron chi connectivity index (χ3n) is 12.3. The first-order chi connectivity index (χ1) is 22.7. The maximum Gasteiger partial charge on any atom is 0.119 e. The number of ether oxygens (including phenoxy) is 2. The number of halogens is 1. The Hall–Kier alpha value is -3.17. The number of rotatable bonds is 5. The molecule has 0 N–H and O–H groups in total. The quantitative estimate of drug-likeness (QED) is 0.322. The number of likely N-dealkylation sites (N-methyl/N-ethyl adjacent to an activating group) is 1. The van der Waals surface area contributed by atoms with Gasteiger partial charge in [0.1, 0.15) is 11.5 Å². The summed E-state index contributed by atoms with van der Waals surface area (Å²) in [5.41, 5.74) is 15.3. The van der Waals surface area contributed by atoms with Gasteiger partial charge in [-0.15, -0.1) is 0 Å². The number of methoxy groups -OCH3 is 2. The summed E-state index contributed by atoms with van der Waals surface area (Å²) in [4.78, 5) is 2.46. The number of benzene rings is 2. The van der Waals surface area contributed by atoms with Gasteiger partial charge in [0.05, 0.1) is 14.2 Å². The fourth-order valence-electron chi connectivity index (χ4n) is 10.1. The third-order valence-corrected chi connectivity index (χ3v) is 12.8. The van der Waals surface area contributed by atoms with Crippen molar-refractivity contribution < 1.29 is 9.47 Å². The maximum absolute atomic E-state index is 7.32. The monoisotopic (exact) mass is 649 g/mol. The summed E-state index contributed by atoms with van der Waals surface area (Å²) in [5, 5.41) is 0.947. The fourth-order valence-corrected chi connectivity index (χ4v) is 10.5. The summed E-state index contributed by atoms with van der Waals surface area (Å²) in [6.07, 6.45) is 25.3. The van der Waals surface area contributed by atoms with E-state index in [1.54, 1.807) is 14.2 Å². The van der Waals surface area contributed by atoms with Gasteiger partial charge in [-0.2, -0.15) is 0 Å². The minimum Gasteiger partial charge on any atom is -0.497 e. The van der Waals surface area contributed by atoms with Crippen LogP contribution in [0.1, 0.15) is 118 Å². The molecule has 2 aromatic carbocycles. The number of fused-ring (bicyclic) bond motifs is 4. The molecule has 2 saturated carbocycles. The highest BCUT2D eigenvalue weighted by Gasteiger charge is 2.47. The summed E-state index contributed by atoms with van der Waals surface area (Å²) >= 11 is 7.32. The van der Waals surface area contributed by atoms with Crippen molar-refractivity contribution in [3.05, 3.63) is 104 Å². The zero-order valence-electron chi connectivity index (χ0n) is 29.5. The van der Waals surface area contributed by atoms with Crippen molar-refractivity contribution in [1.82, 2.24) is 0 Å². The normalized spacial score (nSPS) is 23.5. The third kappa shape index (κ3) is 5.23. The lowest BCUT2D eigenvalue weighted by atomic mass is 9.66. The molecule has 0 saturated heterocycles. The molecule has 4 heteroatoms. The Morgan fingerprint density at radius 2 is 1.32 bits per heavy atom. The van der Waals surface area contributed by atoms with Gasteiger partial charge < -0.3 is 14.4 Å². The molecule has 0 aromatic heterocycles. The van der Waals surface area contributed by atoms with Crippen LogP contribution in [0, 0.1) is 13.8 Å². The van der Waals surface area contributed by atoms with E-state index in [1.165, 1.54) is 126 Å². The van der Waals surface area contributed by atoms with Crippen LogP contribution in [0.4, 0.5) is 5.69 Å². The molecule has 1 heterocycles. The van der Waals surface area contributed by atoms with Crippen molar-refractivity contribution in [3.63, 3.8) is 0 Å². The summed E-state index contributed by atoms with van der Waals surface area (Å²) in [6.45, 7) is 6.81. The van der Waals surface area contributed by atoms with Crippen molar-refractivity contribution in [1.29, 1.82) is 0 Å². The second-order valence-corrected chi connectivity index (χ2v) is 15.2. The fraction of sp³-hybridized carbons (Fsp3) is 0.488. The van der Waals surface area contributed by atoms with Crippen molar-refractivity contribution >= 4 is 22.9 Å². The molecule has 0 atom stereocenters. The van der Waals surface area contributed by atoms with E-state index < -0.39 is 0 Å². The van der Waals surface area contributed by atoms with Gasteiger partial charge in [0.25, 0.3) is 0 Å². The average Bonchev–Trinajstić information content (AvgIpc) is 3.44. The van der Waals surface area contributed by atoms with Gasteiger partial charge in [-0.1, -0.05) is 68.4 Å². The first-order valence-corrected chi connectivity index (χ1v) is 18.4. The molecule has 2 spiro atoms. The predicted octanol–water partition coefficient (Wildman–Crippen LogP) is 11.7. The predicted molar refractivity (Wildman–Crippen MR) is 198 cm³/mol. The molecule has 4 aliphatic carbocycles. The Bertz CT molecular complexity index is 1740. The van der Waals surface area contributed by atoms with Gasteiger partial charge in [0.15, 0.2) is 0 Å². The Morgan fingerprint density at radius 1 is 0.702 bits per heavy atom. The summed E-state index contributed by atoms with van der Waals surface area (Å²) in [5.74, 6) is 1.94. The summed E-state index contributed by atoms with van der Waals surface area (Å²) in [7, 11) is 5.83. The molecular weight excluding hydrogens is 598 g/mol. The van der Waals surface area contributed by atoms with Crippen LogP contribution in [-0.4, -0.2) is 21.3 Å². The molecule has 5 aliphatic rings. The summed E-state index contributed by atoms with van der Waals surface area (Å²) in [6, 6.07) is 9.02. The van der Waals surface area contributed by atoms with Gasteiger partial charge in [-0.25, -0.2) is 0 Å². The molecule has 7 rings (SSSR count). The number of anilines is 1. The highest BCUT2D eigenvalue weighted by atomic mass is 35.5. The van der Waals surface area contributed by atoms with Gasteiger partial charge in [-0.05, 0) is 146 Å². The van der Waals surface area contributed by atoms with Crippen LogP contribution in [0.2, 0.25) is 0 Å². The van der Waals surface area contributed by atoms with E-state index in [1.807, 2.05) is 0 Å². The minimum atomic E-state index is 0.0445. The first-order valence-electron chi connectivity index (χ1n) is 18.1. The van der Waals surface area contributed by atoms with Gasteiger partial charge in [0, 0.05) is 34.3 Å². The molecule has 47 heavy (non-hydrogen) atoms. The molecule has 1 aliphatic heterocycles. The van der Waals surface area contributed by atoms with E-state index >= 15 is 0 Å². The minimum absolute atomic E-state index is 0.0445. The molecule has 2 fully saturated rings. The van der Waals surface area contributed by atoms with E-state index in [0.29, 0.717) is 0 Å². The lowest BCUT2D eigenvalue weighted by molar-refractivity contribution is 0.344. The molecular formula is C43H52ClNO2. The lowest BCUT2D eigenvalue weighted by Gasteiger charge is -2.37. The molecule has 0 radical (unpaired) electrons. The van der Waals surface area contributed by atoms with Crippen LogP contribution in [0.15, 0.2) is 76.0 Å². The second kappa shape index (κ2) is 12.7. The second-order valence-electron chi connectivity index (χ2n) is 14.9. The van der Waals surface area contributed by atoms with Gasteiger partial charge >= 0.3 is 0 Å². The smallest absolute Gasteiger partial charge is 0.119 e. The number of hydrogen-bond donors (Lipinski definition) is 0. The maximum atomic E-state index is 7.32. The average molecular weight is 650 g/mol. The first kappa shape index (κ1) is 32.4. The van der Waals surface area contributed by atoms with E-state index in [2.05, 4.69) is 81.3 Å². The number of allylic oxidation sites excluding steroid dienone is 10. The van der Waals surface area contributed by atoms with Gasteiger partial charge in [-0.3, -0.25) is 0 Å². The number of hydrogen-bond acceptors (Lipinski definition) is 3. The van der Waals surface area contributed by atoms with E-state index in [4.69, 9.17) is 21.1 Å². The number of aryl methyl sites for hydroxylation is 2. The van der Waals surface area contributed by atoms with E-state index in [0.717, 1.165) is 35.8 Å². The topological polar surface area (TPSA) is 21.7 Å². The van der Waals surface area contributed by atoms with Crippen LogP contribution in [0.3, 0.4) is 0 Å². The van der Waals surface area contributed by atoms with Crippen molar-refractivity contribution in [2.24, 2.45) is 0 Å². The van der Waals surface area contributed by atoms with Crippen LogP contribution in [0.5, 0.6) is 11.5 Å². The lowest BCUT2D eigenvalue weighted by Crippen LogP contribution is -2.31. The largest absolute Gasteiger partial charge is 0.497 e. The molecule has 3 nitrogen and oxygen atoms in total. The van der Waals surface area contributed by atoms with E-state index in [-0.39, 0.29) is 10.8 Å². The SMILES string of the molecule is COc1cc(C)c2c(c1)C1(CCCCC1)C(/C=C/C1=C(Cl)C(=C/C=C3\N(C)c4c(C)cc(OC)cc4C34CCCCC4)/CCC1)=C2C. The van der Waals surface area contributed by atoms with E-state index in [9.17, 15) is 0 Å². The highest BCUT2D eigenvalue weighted by molar-refractivity contribution is 6.32. The van der Waals surface area contributed by atoms with Crippen molar-refractivity contribution in [2.75, 3.05) is 26.2 Å². The van der Waals surface area contributed by atoms with Crippen LogP contribution >= 0.6 is 11.6 Å². The number of nitrogens with zero attached hydrogens (tertiary/aromatic N) is 1. The van der Waals surface area contributed by atoms with Crippen LogP contribution in [0.25, 0.3) is 5.57 Å². The van der Waals surface area contributed by atoms with Crippen LogP contribution in [-0.2, 0) is 10.8 Å². The summed E-state index contributed by atoms with van der Waals surface area (Å²) < 4.78 is 11.5. The Kier molecular flexibility index (Phi) is 8.75. The van der Waals surface area contributed by atoms with Crippen LogP contribution < -0.4 is 14.4 Å². The molecule has 2 aromatic rings. The zero-order valence-corrected chi connectivity index (χ0v) is 30.2. The van der Waals surface area contributed by atoms with Crippen molar-refractivity contribution in [2.45, 2.75) is 115 Å². The Balaban J connectivity index is 1.25. The molecule has 248 valence electrons. The van der Waals surface area contributed by atoms with Crippen molar-refractivity contribution in [3.8, 4) is 11.5 Å². The highest BCUT2D eigenvalue weighted by Crippen LogP contribution is 2.58. The Labute approximate surface area is 288 Å². The molecule has 0 unspecified atom stereocenters.